The van der Waals surface area contributed by atoms with Crippen molar-refractivity contribution in [3.63, 3.8) is 0 Å². The predicted octanol–water partition coefficient (Wildman–Crippen LogP) is -0.717. The average Bonchev–Trinajstić information content (AvgIpc) is 2.28. The molecule has 1 heterocycles. The lowest BCUT2D eigenvalue weighted by Crippen LogP contribution is -2.29. The Morgan fingerprint density at radius 3 is 2.72 bits per heavy atom. The Labute approximate surface area is 112 Å². The number of rotatable bonds is 6. The van der Waals surface area contributed by atoms with Crippen LogP contribution >= 0.6 is 15.9 Å². The molecule has 0 saturated heterocycles. The summed E-state index contributed by atoms with van der Waals surface area (Å²) in [5, 5.41) is 0. The molecule has 18 heavy (non-hydrogen) atoms. The number of nitrogens with one attached hydrogen (secondary N) is 2. The number of aromatic nitrogens is 1. The second kappa shape index (κ2) is 6.09. The molecule has 100 valence electrons. The maximum Gasteiger partial charge on any atom is 0.244 e. The fraction of sp³-hybridized carbons (Fsp3) is 0.250. The van der Waals surface area contributed by atoms with Crippen molar-refractivity contribution in [2.24, 2.45) is 11.6 Å². The van der Waals surface area contributed by atoms with Crippen molar-refractivity contribution in [3.05, 3.63) is 16.7 Å². The van der Waals surface area contributed by atoms with Crippen molar-refractivity contribution in [1.29, 1.82) is 0 Å². The van der Waals surface area contributed by atoms with Crippen molar-refractivity contribution in [2.45, 2.75) is 11.3 Å². The summed E-state index contributed by atoms with van der Waals surface area (Å²) in [6.45, 7) is -0.0891. The number of primary amides is 1. The van der Waals surface area contributed by atoms with Crippen LogP contribution in [0.25, 0.3) is 0 Å². The maximum atomic E-state index is 11.9. The van der Waals surface area contributed by atoms with E-state index in [0.717, 1.165) is 0 Å². The second-order valence-electron chi connectivity index (χ2n) is 3.26. The van der Waals surface area contributed by atoms with Crippen molar-refractivity contribution in [3.8, 4) is 0 Å². The first kappa shape index (κ1) is 14.8. The van der Waals surface area contributed by atoms with Gasteiger partial charge in [0.15, 0.2) is 5.82 Å². The number of nitrogens with two attached hydrogens (primary N) is 2. The molecule has 6 N–H and O–H groups in total. The van der Waals surface area contributed by atoms with Gasteiger partial charge in [-0.05, 0) is 22.0 Å². The lowest BCUT2D eigenvalue weighted by Gasteiger charge is -2.10. The number of carbonyl (C=O) groups excluding carboxylic acids is 1. The van der Waals surface area contributed by atoms with Crippen LogP contribution in [0, 0.1) is 0 Å². The summed E-state index contributed by atoms with van der Waals surface area (Å²) in [7, 11) is -3.81. The van der Waals surface area contributed by atoms with E-state index in [9.17, 15) is 13.2 Å². The minimum atomic E-state index is -3.81. The fourth-order valence-electron chi connectivity index (χ4n) is 1.12. The molecule has 0 aromatic carbocycles. The number of hydrogen-bond donors (Lipinski definition) is 4. The Hall–Kier alpha value is -1.23. The highest BCUT2D eigenvalue weighted by Gasteiger charge is 2.19. The van der Waals surface area contributed by atoms with E-state index >= 15 is 0 Å². The zero-order valence-corrected chi connectivity index (χ0v) is 11.6. The molecule has 0 atom stereocenters. The molecule has 0 radical (unpaired) electrons. The molecule has 8 nitrogen and oxygen atoms in total. The molecule has 0 spiro atoms. The molecule has 0 aliphatic carbocycles. The third-order valence-corrected chi connectivity index (χ3v) is 3.82. The van der Waals surface area contributed by atoms with Crippen LogP contribution in [0.4, 0.5) is 5.82 Å². The van der Waals surface area contributed by atoms with Gasteiger partial charge in [-0.1, -0.05) is 0 Å². The Bertz CT molecular complexity index is 548. The van der Waals surface area contributed by atoms with E-state index in [1.165, 1.54) is 12.3 Å². The van der Waals surface area contributed by atoms with Gasteiger partial charge >= 0.3 is 0 Å². The van der Waals surface area contributed by atoms with Crippen LogP contribution in [0.1, 0.15) is 6.42 Å². The van der Waals surface area contributed by atoms with Gasteiger partial charge in [0.25, 0.3) is 0 Å². The number of sulfonamides is 1. The van der Waals surface area contributed by atoms with Crippen LogP contribution in [-0.4, -0.2) is 25.9 Å². The molecule has 10 heteroatoms. The minimum absolute atomic E-state index is 0.00442. The van der Waals surface area contributed by atoms with Gasteiger partial charge in [-0.3, -0.25) is 4.79 Å². The zero-order valence-electron chi connectivity index (χ0n) is 9.18. The lowest BCUT2D eigenvalue weighted by molar-refractivity contribution is -0.117. The molecular formula is C8H12BrN5O3S. The topological polar surface area (TPSA) is 140 Å². The van der Waals surface area contributed by atoms with Gasteiger partial charge in [-0.2, -0.15) is 0 Å². The highest BCUT2D eigenvalue weighted by molar-refractivity contribution is 9.10. The van der Waals surface area contributed by atoms with E-state index in [2.05, 4.69) is 31.1 Å². The number of halogens is 1. The Morgan fingerprint density at radius 1 is 1.50 bits per heavy atom. The first-order valence-electron chi connectivity index (χ1n) is 4.77. The summed E-state index contributed by atoms with van der Waals surface area (Å²) in [5.41, 5.74) is 7.10. The second-order valence-corrected chi connectivity index (χ2v) is 5.91. The standard InChI is InChI=1S/C8H12BrN5O3S/c9-5-3-6(8(14-11)12-4-5)18(16,17)13-2-1-7(10)15/h3-4,13H,1-2,11H2,(H2,10,15)(H,12,14). The third-order valence-electron chi connectivity index (χ3n) is 1.91. The van der Waals surface area contributed by atoms with Crippen LogP contribution < -0.4 is 21.7 Å². The molecule has 0 unspecified atom stereocenters. The predicted molar refractivity (Wildman–Crippen MR) is 68.7 cm³/mol. The van der Waals surface area contributed by atoms with Crippen LogP contribution in [0.5, 0.6) is 0 Å². The average molecular weight is 338 g/mol. The van der Waals surface area contributed by atoms with E-state index in [1.54, 1.807) is 0 Å². The smallest absolute Gasteiger partial charge is 0.244 e. The molecule has 1 rings (SSSR count). The van der Waals surface area contributed by atoms with Crippen LogP contribution in [0.15, 0.2) is 21.6 Å². The van der Waals surface area contributed by atoms with Crippen molar-refractivity contribution >= 4 is 37.7 Å². The van der Waals surface area contributed by atoms with E-state index in [0.29, 0.717) is 4.47 Å². The number of pyridine rings is 1. The summed E-state index contributed by atoms with van der Waals surface area (Å²) in [5.74, 6) is 4.59. The van der Waals surface area contributed by atoms with E-state index in [1.807, 2.05) is 0 Å². The number of nitrogens with zero attached hydrogens (tertiary/aromatic N) is 1. The van der Waals surface area contributed by atoms with Gasteiger partial charge < -0.3 is 11.2 Å². The maximum absolute atomic E-state index is 11.9. The molecule has 1 aromatic rings. The summed E-state index contributed by atoms with van der Waals surface area (Å²) in [4.78, 5) is 14.2. The summed E-state index contributed by atoms with van der Waals surface area (Å²) in [6, 6.07) is 1.34. The first-order valence-corrected chi connectivity index (χ1v) is 7.04. The largest absolute Gasteiger partial charge is 0.370 e. The molecule has 0 aliphatic rings. The Balaban J connectivity index is 2.97. The zero-order chi connectivity index (χ0) is 13.8. The van der Waals surface area contributed by atoms with Gasteiger partial charge in [-0.25, -0.2) is 24.0 Å². The number of anilines is 1. The van der Waals surface area contributed by atoms with Crippen LogP contribution in [0.2, 0.25) is 0 Å². The van der Waals surface area contributed by atoms with Gasteiger partial charge in [0.2, 0.25) is 15.9 Å². The van der Waals surface area contributed by atoms with Crippen LogP contribution in [0.3, 0.4) is 0 Å². The third kappa shape index (κ3) is 3.91. The monoisotopic (exact) mass is 337 g/mol. The quantitative estimate of drug-likeness (QED) is 0.399. The fourth-order valence-corrected chi connectivity index (χ4v) is 2.78. The van der Waals surface area contributed by atoms with Crippen molar-refractivity contribution in [2.75, 3.05) is 12.0 Å². The number of hydrazine groups is 1. The number of nitrogen functional groups attached to an aromatic ring is 1. The molecule has 0 bridgehead atoms. The number of amides is 1. The van der Waals surface area contributed by atoms with E-state index < -0.39 is 15.9 Å². The molecule has 1 amide bonds. The number of hydrogen-bond acceptors (Lipinski definition) is 6. The molecule has 1 aromatic heterocycles. The summed E-state index contributed by atoms with van der Waals surface area (Å²) in [6.07, 6.45) is 1.31. The van der Waals surface area contributed by atoms with E-state index in [4.69, 9.17) is 11.6 Å². The molecular weight excluding hydrogens is 326 g/mol. The Morgan fingerprint density at radius 2 is 2.17 bits per heavy atom. The van der Waals surface area contributed by atoms with Crippen LogP contribution in [-0.2, 0) is 14.8 Å². The highest BCUT2D eigenvalue weighted by Crippen LogP contribution is 2.21. The molecule has 0 saturated carbocycles. The summed E-state index contributed by atoms with van der Waals surface area (Å²) < 4.78 is 26.6. The van der Waals surface area contributed by atoms with Crippen molar-refractivity contribution in [1.82, 2.24) is 9.71 Å². The van der Waals surface area contributed by atoms with Gasteiger partial charge in [0, 0.05) is 23.6 Å². The normalized spacial score (nSPS) is 11.2. The van der Waals surface area contributed by atoms with E-state index in [-0.39, 0.29) is 23.7 Å². The SMILES string of the molecule is NNc1ncc(Br)cc1S(=O)(=O)NCCC(N)=O. The lowest BCUT2D eigenvalue weighted by atomic mass is 10.4. The molecule has 0 fully saturated rings. The highest BCUT2D eigenvalue weighted by atomic mass is 79.9. The van der Waals surface area contributed by atoms with Gasteiger partial charge in [0.05, 0.1) is 0 Å². The van der Waals surface area contributed by atoms with Gasteiger partial charge in [-0.15, -0.1) is 0 Å². The van der Waals surface area contributed by atoms with Gasteiger partial charge in [0.1, 0.15) is 4.90 Å². The Kier molecular flexibility index (Phi) is 5.02. The van der Waals surface area contributed by atoms with Crippen molar-refractivity contribution < 1.29 is 13.2 Å². The summed E-state index contributed by atoms with van der Waals surface area (Å²) >= 11 is 3.11. The molecule has 0 aliphatic heterocycles. The number of carbonyl (C=O) groups is 1. The minimum Gasteiger partial charge on any atom is -0.370 e. The first-order chi connectivity index (χ1) is 8.36.